The monoisotopic (exact) mass is 805 g/mol. The number of carbonyl (C=O) groups excluding carboxylic acids is 2. The quantitative estimate of drug-likeness (QED) is 0.0938. The third-order valence-electron chi connectivity index (χ3n) is 9.94. The molecule has 6 aromatic rings. The predicted octanol–water partition coefficient (Wildman–Crippen LogP) is 11.0. The van der Waals surface area contributed by atoms with Crippen LogP contribution in [0.2, 0.25) is 0 Å². The number of hydrogen-bond acceptors (Lipinski definition) is 7. The van der Waals surface area contributed by atoms with E-state index in [1.54, 1.807) is 24.3 Å². The molecule has 7 nitrogen and oxygen atoms in total. The van der Waals surface area contributed by atoms with Gasteiger partial charge >= 0.3 is 0 Å². The lowest BCUT2D eigenvalue weighted by Gasteiger charge is -2.30. The Bertz CT molecular complexity index is 2120. The highest BCUT2D eigenvalue weighted by molar-refractivity contribution is 5.73. The van der Waals surface area contributed by atoms with Gasteiger partial charge in [0.2, 0.25) is 0 Å². The van der Waals surface area contributed by atoms with Crippen LogP contribution in [-0.2, 0) is 9.59 Å². The average Bonchev–Trinajstić information content (AvgIpc) is 3.29. The molecule has 6 aromatic carbocycles. The van der Waals surface area contributed by atoms with Gasteiger partial charge in [0.05, 0.1) is 0 Å². The first kappa shape index (κ1) is 46.4. The molecule has 8 rings (SSSR count). The molecule has 1 fully saturated rings. The number of carbonyl (C=O) groups is 2. The summed E-state index contributed by atoms with van der Waals surface area (Å²) in [4.78, 5) is 20.8. The van der Waals surface area contributed by atoms with E-state index in [1.807, 2.05) is 129 Å². The van der Waals surface area contributed by atoms with Gasteiger partial charge < -0.3 is 30.2 Å². The number of phenolic OH excluding ortho intramolecular Hbond substituents is 2. The number of aliphatic hydroxyl groups excluding tert-OH is 1. The maximum absolute atomic E-state index is 10.9. The Morgan fingerprint density at radius 3 is 1.83 bits per heavy atom. The van der Waals surface area contributed by atoms with Crippen LogP contribution in [-0.4, -0.2) is 47.3 Å². The fraction of sp³-hybridized carbons (Fsp3) is 0.245. The minimum absolute atomic E-state index is 0.0800. The molecule has 1 saturated heterocycles. The minimum atomic E-state index is -0.717. The summed E-state index contributed by atoms with van der Waals surface area (Å²) in [6.07, 6.45) is 9.41. The summed E-state index contributed by atoms with van der Waals surface area (Å²) in [7, 11) is 0. The van der Waals surface area contributed by atoms with Gasteiger partial charge in [0.25, 0.3) is 0 Å². The molecule has 2 heterocycles. The largest absolute Gasteiger partial charge is 0.508 e. The summed E-state index contributed by atoms with van der Waals surface area (Å²) in [5.74, 6) is 1.51. The number of phenols is 2. The number of rotatable bonds is 7. The van der Waals surface area contributed by atoms with E-state index in [-0.39, 0.29) is 17.6 Å². The second-order valence-electron chi connectivity index (χ2n) is 14.8. The van der Waals surface area contributed by atoms with E-state index in [9.17, 15) is 19.8 Å². The number of fused-ring (bicyclic) bond motifs is 1. The van der Waals surface area contributed by atoms with E-state index in [4.69, 9.17) is 9.84 Å². The number of nitrogens with one attached hydrogen (secondary N) is 1. The summed E-state index contributed by atoms with van der Waals surface area (Å²) in [5, 5.41) is 31.9. The smallest absolute Gasteiger partial charge is 0.198 e. The van der Waals surface area contributed by atoms with Crippen LogP contribution in [0.1, 0.15) is 88.4 Å². The number of aldehydes is 2. The normalized spacial score (nSPS) is 15.5. The maximum Gasteiger partial charge on any atom is 0.198 e. The van der Waals surface area contributed by atoms with Crippen molar-refractivity contribution in [3.05, 3.63) is 202 Å². The first-order valence-corrected chi connectivity index (χ1v) is 20.6. The second-order valence-corrected chi connectivity index (χ2v) is 14.8. The van der Waals surface area contributed by atoms with Gasteiger partial charge in [-0.15, -0.1) is 0 Å². The summed E-state index contributed by atoms with van der Waals surface area (Å²) in [5.41, 5.74) is 8.78. The molecule has 0 aliphatic carbocycles. The molecule has 0 radical (unpaired) electrons. The molecule has 4 N–H and O–H groups in total. The van der Waals surface area contributed by atoms with Crippen molar-refractivity contribution in [2.45, 2.75) is 71.0 Å². The highest BCUT2D eigenvalue weighted by Gasteiger charge is 2.28. The van der Waals surface area contributed by atoms with Crippen molar-refractivity contribution in [2.24, 2.45) is 0 Å². The van der Waals surface area contributed by atoms with Crippen LogP contribution in [0.15, 0.2) is 158 Å². The number of aliphatic hydroxyl groups is 1. The number of aryl methyl sites for hydroxylation is 3. The van der Waals surface area contributed by atoms with Crippen LogP contribution in [0.4, 0.5) is 0 Å². The number of aromatic hydroxyl groups is 2. The molecule has 0 aromatic heterocycles. The molecule has 0 bridgehead atoms. The molecule has 2 aliphatic rings. The molecule has 0 spiro atoms. The van der Waals surface area contributed by atoms with Gasteiger partial charge in [0, 0.05) is 35.8 Å². The summed E-state index contributed by atoms with van der Waals surface area (Å²) in [6.45, 7) is 8.54. The van der Waals surface area contributed by atoms with Crippen molar-refractivity contribution in [1.29, 1.82) is 0 Å². The van der Waals surface area contributed by atoms with Gasteiger partial charge in [-0.1, -0.05) is 157 Å². The van der Waals surface area contributed by atoms with E-state index in [0.717, 1.165) is 40.6 Å². The number of ether oxygens (including phenoxy) is 1. The van der Waals surface area contributed by atoms with Gasteiger partial charge in [-0.2, -0.15) is 0 Å². The van der Waals surface area contributed by atoms with Gasteiger partial charge in [0.1, 0.15) is 29.8 Å². The van der Waals surface area contributed by atoms with E-state index < -0.39 is 6.29 Å². The number of hydrogen-bond donors (Lipinski definition) is 4. The molecule has 7 heteroatoms. The Kier molecular flexibility index (Phi) is 20.1. The third kappa shape index (κ3) is 16.2. The highest BCUT2D eigenvalue weighted by Crippen LogP contribution is 2.40. The van der Waals surface area contributed by atoms with Gasteiger partial charge in [-0.05, 0) is 93.7 Å². The Balaban J connectivity index is 0.000000176. The molecule has 60 heavy (non-hydrogen) atoms. The van der Waals surface area contributed by atoms with E-state index in [0.29, 0.717) is 18.6 Å². The molecule has 0 amide bonds. The topological polar surface area (TPSA) is 116 Å². The van der Waals surface area contributed by atoms with Crippen LogP contribution in [0.25, 0.3) is 6.08 Å². The van der Waals surface area contributed by atoms with Crippen LogP contribution in [0.3, 0.4) is 0 Å². The van der Waals surface area contributed by atoms with Gasteiger partial charge in [0.15, 0.2) is 6.29 Å². The van der Waals surface area contributed by atoms with Gasteiger partial charge in [-0.3, -0.25) is 4.79 Å². The standard InChI is InChI=1S/2C16H16O2.C9H8O.C7H8O.C5H11N/c1-11-7-8-15-14(9-11)13(10-16(17)18-15)12-5-3-2-4-6-12;1-12-7-8-16(18)15(11-12)14(9-10-17)13-5-3-2-4-6-13;10-8-4-7-9-5-2-1-3-6-9;1-6-2-4-7(8)5-3-6;1-2-4-6-5-3-1/h2-9,13,16-17H,10H2,1H3;2-8,10-11,14,18H,9H2,1H3;1-8H;2-5,8H,1H3;6H,1-5H2/b;;7-4+;;. The van der Waals surface area contributed by atoms with Crippen molar-refractivity contribution in [3.63, 3.8) is 0 Å². The number of benzene rings is 6. The zero-order valence-electron chi connectivity index (χ0n) is 35.0. The molecular weight excluding hydrogens is 747 g/mol. The zero-order valence-corrected chi connectivity index (χ0v) is 35.0. The van der Waals surface area contributed by atoms with Crippen LogP contribution >= 0.6 is 0 Å². The van der Waals surface area contributed by atoms with Crippen molar-refractivity contribution in [2.75, 3.05) is 13.1 Å². The summed E-state index contributed by atoms with van der Waals surface area (Å²) < 4.78 is 5.49. The summed E-state index contributed by atoms with van der Waals surface area (Å²) >= 11 is 0. The lowest BCUT2D eigenvalue weighted by atomic mass is 9.85. The van der Waals surface area contributed by atoms with Crippen molar-refractivity contribution < 1.29 is 29.6 Å². The predicted molar refractivity (Wildman–Crippen MR) is 244 cm³/mol. The lowest BCUT2D eigenvalue weighted by molar-refractivity contribution is -0.108. The Labute approximate surface area is 356 Å². The fourth-order valence-electron chi connectivity index (χ4n) is 6.81. The van der Waals surface area contributed by atoms with Crippen molar-refractivity contribution in [1.82, 2.24) is 5.32 Å². The molecule has 312 valence electrons. The van der Waals surface area contributed by atoms with E-state index in [1.165, 1.54) is 60.7 Å². The molecular formula is C53H59NO6. The molecule has 0 saturated carbocycles. The third-order valence-corrected chi connectivity index (χ3v) is 9.94. The van der Waals surface area contributed by atoms with Gasteiger partial charge in [-0.25, -0.2) is 0 Å². The molecule has 2 aliphatic heterocycles. The van der Waals surface area contributed by atoms with Crippen LogP contribution in [0.5, 0.6) is 17.2 Å². The minimum Gasteiger partial charge on any atom is -0.508 e. The maximum atomic E-state index is 10.9. The first-order chi connectivity index (χ1) is 29.2. The second kappa shape index (κ2) is 25.9. The van der Waals surface area contributed by atoms with Crippen molar-refractivity contribution in [3.8, 4) is 17.2 Å². The Morgan fingerprint density at radius 2 is 1.27 bits per heavy atom. The SMILES string of the molecule is C1CCNCC1.Cc1ccc(O)c(C(CC=O)c2ccccc2)c1.Cc1ccc(O)cc1.Cc1ccc2c(c1)C(c1ccccc1)CC(O)O2.O=C/C=C/c1ccccc1. The molecule has 3 unspecified atom stereocenters. The lowest BCUT2D eigenvalue weighted by Crippen LogP contribution is -2.25. The average molecular weight is 806 g/mol. The van der Waals surface area contributed by atoms with Crippen LogP contribution < -0.4 is 10.1 Å². The fourth-order valence-corrected chi connectivity index (χ4v) is 6.81. The highest BCUT2D eigenvalue weighted by atomic mass is 16.6. The zero-order chi connectivity index (χ0) is 43.0. The van der Waals surface area contributed by atoms with Crippen molar-refractivity contribution >= 4 is 18.6 Å². The van der Waals surface area contributed by atoms with E-state index >= 15 is 0 Å². The number of piperidine rings is 1. The Hall–Kier alpha value is -6.28. The Morgan fingerprint density at radius 1 is 0.683 bits per heavy atom. The van der Waals surface area contributed by atoms with E-state index in [2.05, 4.69) is 30.4 Å². The molecule has 3 atom stereocenters. The number of allylic oxidation sites excluding steroid dienone is 1. The van der Waals surface area contributed by atoms with Crippen LogP contribution in [0, 0.1) is 20.8 Å². The first-order valence-electron chi connectivity index (χ1n) is 20.6. The summed E-state index contributed by atoms with van der Waals surface area (Å²) in [6, 6.07) is 48.5.